The number of rotatable bonds is 4. The fraction of sp³-hybridized carbons (Fsp3) is 1.00. The van der Waals surface area contributed by atoms with Gasteiger partial charge in [0.05, 0.1) is 12.2 Å². The number of aliphatic hydroxyl groups excluding tert-OH is 2. The Balaban J connectivity index is 1.67. The molecule has 14 heavy (non-hydrogen) atoms. The Labute approximate surface area is 85.5 Å². The van der Waals surface area contributed by atoms with Crippen LogP contribution in [0.25, 0.3) is 0 Å². The normalized spacial score (nSPS) is 35.6. The zero-order chi connectivity index (χ0) is 9.97. The van der Waals surface area contributed by atoms with Crippen molar-refractivity contribution in [2.24, 2.45) is 5.92 Å². The lowest BCUT2D eigenvalue weighted by molar-refractivity contribution is 0.0762. The molecular formula is C11H21NO2. The smallest absolute Gasteiger partial charge is 0.0693 e. The predicted octanol–water partition coefficient (Wildman–Crippen LogP) is 0.650. The van der Waals surface area contributed by atoms with Gasteiger partial charge in [-0.3, -0.25) is 0 Å². The molecule has 0 spiro atoms. The minimum absolute atomic E-state index is 0.191. The molecule has 0 radical (unpaired) electrons. The second-order valence-electron chi connectivity index (χ2n) is 4.77. The minimum atomic E-state index is -0.199. The molecule has 3 unspecified atom stereocenters. The number of hydrogen-bond acceptors (Lipinski definition) is 3. The van der Waals surface area contributed by atoms with Crippen molar-refractivity contribution in [3.8, 4) is 0 Å². The molecule has 0 saturated heterocycles. The van der Waals surface area contributed by atoms with Gasteiger partial charge in [-0.15, -0.1) is 0 Å². The van der Waals surface area contributed by atoms with Crippen LogP contribution in [0.15, 0.2) is 0 Å². The molecule has 0 aromatic carbocycles. The highest BCUT2D eigenvalue weighted by molar-refractivity contribution is 4.86. The number of hydrogen-bond donors (Lipinski definition) is 3. The molecule has 3 N–H and O–H groups in total. The third-order valence-electron chi connectivity index (χ3n) is 3.48. The van der Waals surface area contributed by atoms with E-state index in [0.29, 0.717) is 12.5 Å². The maximum absolute atomic E-state index is 9.69. The Hall–Kier alpha value is -0.120. The zero-order valence-electron chi connectivity index (χ0n) is 8.65. The summed E-state index contributed by atoms with van der Waals surface area (Å²) in [5.41, 5.74) is 0. The van der Waals surface area contributed by atoms with Gasteiger partial charge < -0.3 is 15.5 Å². The molecule has 0 aromatic heterocycles. The summed E-state index contributed by atoms with van der Waals surface area (Å²) in [5.74, 6) is 0.531. The molecule has 0 aliphatic heterocycles. The Morgan fingerprint density at radius 3 is 2.50 bits per heavy atom. The van der Waals surface area contributed by atoms with E-state index in [9.17, 15) is 10.2 Å². The van der Waals surface area contributed by atoms with Crippen molar-refractivity contribution in [1.82, 2.24) is 5.32 Å². The standard InChI is InChI=1S/C11H21NO2/c13-10-4-2-1-3-9(10)12-7-11(14)8-5-6-8/h8-14H,1-7H2. The third kappa shape index (κ3) is 2.69. The van der Waals surface area contributed by atoms with Gasteiger partial charge >= 0.3 is 0 Å². The summed E-state index contributed by atoms with van der Waals surface area (Å²) in [7, 11) is 0. The van der Waals surface area contributed by atoms with Gasteiger partial charge in [0.1, 0.15) is 0 Å². The van der Waals surface area contributed by atoms with Gasteiger partial charge in [-0.05, 0) is 31.6 Å². The maximum Gasteiger partial charge on any atom is 0.0693 e. The van der Waals surface area contributed by atoms with Crippen LogP contribution in [0, 0.1) is 5.92 Å². The lowest BCUT2D eigenvalue weighted by atomic mass is 9.92. The van der Waals surface area contributed by atoms with Crippen LogP contribution < -0.4 is 5.32 Å². The van der Waals surface area contributed by atoms with Crippen molar-refractivity contribution in [3.63, 3.8) is 0 Å². The first-order valence-electron chi connectivity index (χ1n) is 5.87. The highest BCUT2D eigenvalue weighted by atomic mass is 16.3. The third-order valence-corrected chi connectivity index (χ3v) is 3.48. The molecule has 2 fully saturated rings. The first kappa shape index (κ1) is 10.4. The second kappa shape index (κ2) is 4.60. The molecule has 0 aromatic rings. The molecule has 82 valence electrons. The van der Waals surface area contributed by atoms with Crippen LogP contribution in [0.3, 0.4) is 0 Å². The van der Waals surface area contributed by atoms with Crippen LogP contribution >= 0.6 is 0 Å². The second-order valence-corrected chi connectivity index (χ2v) is 4.77. The Bertz CT molecular complexity index is 182. The molecule has 0 heterocycles. The van der Waals surface area contributed by atoms with Crippen molar-refractivity contribution in [1.29, 1.82) is 0 Å². The van der Waals surface area contributed by atoms with Crippen LogP contribution in [-0.2, 0) is 0 Å². The van der Waals surface area contributed by atoms with Crippen LogP contribution in [0.1, 0.15) is 38.5 Å². The van der Waals surface area contributed by atoms with Gasteiger partial charge in [0, 0.05) is 12.6 Å². The lowest BCUT2D eigenvalue weighted by Gasteiger charge is -2.29. The molecule has 3 atom stereocenters. The van der Waals surface area contributed by atoms with Crippen molar-refractivity contribution in [2.75, 3.05) is 6.54 Å². The van der Waals surface area contributed by atoms with Crippen LogP contribution in [0.5, 0.6) is 0 Å². The van der Waals surface area contributed by atoms with E-state index in [1.54, 1.807) is 0 Å². The monoisotopic (exact) mass is 199 g/mol. The van der Waals surface area contributed by atoms with Crippen molar-refractivity contribution in [2.45, 2.75) is 56.8 Å². The summed E-state index contributed by atoms with van der Waals surface area (Å²) in [5, 5.41) is 22.6. The highest BCUT2D eigenvalue weighted by Crippen LogP contribution is 2.32. The fourth-order valence-corrected chi connectivity index (χ4v) is 2.27. The predicted molar refractivity (Wildman–Crippen MR) is 55.0 cm³/mol. The quantitative estimate of drug-likeness (QED) is 0.623. The lowest BCUT2D eigenvalue weighted by Crippen LogP contribution is -2.45. The van der Waals surface area contributed by atoms with Crippen LogP contribution in [0.2, 0.25) is 0 Å². The average Bonchev–Trinajstić information content (AvgIpc) is 2.99. The van der Waals surface area contributed by atoms with Gasteiger partial charge in [-0.2, -0.15) is 0 Å². The summed E-state index contributed by atoms with van der Waals surface area (Å²) in [6.07, 6.45) is 6.28. The minimum Gasteiger partial charge on any atom is -0.392 e. The largest absolute Gasteiger partial charge is 0.392 e. The van der Waals surface area contributed by atoms with Crippen LogP contribution in [-0.4, -0.2) is 35.0 Å². The van der Waals surface area contributed by atoms with Crippen molar-refractivity contribution >= 4 is 0 Å². The molecule has 2 aliphatic rings. The molecule has 0 bridgehead atoms. The van der Waals surface area contributed by atoms with E-state index in [-0.39, 0.29) is 18.2 Å². The maximum atomic E-state index is 9.69. The number of aliphatic hydroxyl groups is 2. The van der Waals surface area contributed by atoms with E-state index in [2.05, 4.69) is 5.32 Å². The van der Waals surface area contributed by atoms with Crippen LogP contribution in [0.4, 0.5) is 0 Å². The first-order chi connectivity index (χ1) is 6.77. The molecular weight excluding hydrogens is 178 g/mol. The molecule has 2 aliphatic carbocycles. The van der Waals surface area contributed by atoms with Gasteiger partial charge in [0.25, 0.3) is 0 Å². The zero-order valence-corrected chi connectivity index (χ0v) is 8.65. The fourth-order valence-electron chi connectivity index (χ4n) is 2.27. The van der Waals surface area contributed by atoms with E-state index in [4.69, 9.17) is 0 Å². The molecule has 2 rings (SSSR count). The average molecular weight is 199 g/mol. The molecule has 3 heteroatoms. The van der Waals surface area contributed by atoms with E-state index in [1.165, 1.54) is 19.3 Å². The molecule has 0 amide bonds. The van der Waals surface area contributed by atoms with Gasteiger partial charge in [-0.25, -0.2) is 0 Å². The Morgan fingerprint density at radius 1 is 1.14 bits per heavy atom. The summed E-state index contributed by atoms with van der Waals surface area (Å²) in [6, 6.07) is 0.220. The van der Waals surface area contributed by atoms with E-state index in [0.717, 1.165) is 19.3 Å². The summed E-state index contributed by atoms with van der Waals surface area (Å²) < 4.78 is 0. The van der Waals surface area contributed by atoms with E-state index in [1.807, 2.05) is 0 Å². The van der Waals surface area contributed by atoms with E-state index >= 15 is 0 Å². The SMILES string of the molecule is OC(CNC1CCCCC1O)C1CC1. The van der Waals surface area contributed by atoms with Gasteiger partial charge in [-0.1, -0.05) is 12.8 Å². The topological polar surface area (TPSA) is 52.5 Å². The highest BCUT2D eigenvalue weighted by Gasteiger charge is 2.30. The molecule has 2 saturated carbocycles. The number of nitrogens with one attached hydrogen (secondary N) is 1. The Morgan fingerprint density at radius 2 is 1.86 bits per heavy atom. The van der Waals surface area contributed by atoms with Gasteiger partial charge in [0.15, 0.2) is 0 Å². The van der Waals surface area contributed by atoms with Crippen molar-refractivity contribution < 1.29 is 10.2 Å². The molecule has 3 nitrogen and oxygen atoms in total. The van der Waals surface area contributed by atoms with E-state index < -0.39 is 0 Å². The van der Waals surface area contributed by atoms with Gasteiger partial charge in [0.2, 0.25) is 0 Å². The summed E-state index contributed by atoms with van der Waals surface area (Å²) in [4.78, 5) is 0. The summed E-state index contributed by atoms with van der Waals surface area (Å²) in [6.45, 7) is 0.659. The summed E-state index contributed by atoms with van der Waals surface area (Å²) >= 11 is 0. The Kier molecular flexibility index (Phi) is 3.42. The first-order valence-corrected chi connectivity index (χ1v) is 5.87. The van der Waals surface area contributed by atoms with Crippen molar-refractivity contribution in [3.05, 3.63) is 0 Å².